The largest absolute Gasteiger partial charge is 0.479 e. The number of carboxylic acids is 1. The van der Waals surface area contributed by atoms with Gasteiger partial charge in [0.25, 0.3) is 5.92 Å². The first kappa shape index (κ1) is 15.7. The first-order valence-electron chi connectivity index (χ1n) is 6.05. The third-order valence-electron chi connectivity index (χ3n) is 2.95. The molecule has 7 heteroatoms. The Hall–Kier alpha value is -1.40. The van der Waals surface area contributed by atoms with E-state index in [1.807, 2.05) is 0 Å². The van der Waals surface area contributed by atoms with Gasteiger partial charge in [0.2, 0.25) is 0 Å². The van der Waals surface area contributed by atoms with Crippen molar-refractivity contribution in [1.82, 2.24) is 4.90 Å². The minimum atomic E-state index is -3.05. The number of hydrogen-bond donors (Lipinski definition) is 1. The van der Waals surface area contributed by atoms with Crippen LogP contribution in [0.5, 0.6) is 0 Å². The van der Waals surface area contributed by atoms with Crippen LogP contribution in [0.2, 0.25) is 0 Å². The molecule has 1 N–H and O–H groups in total. The molecule has 0 unspecified atom stereocenters. The van der Waals surface area contributed by atoms with Crippen molar-refractivity contribution in [2.45, 2.75) is 57.6 Å². The molecule has 0 spiro atoms. The van der Waals surface area contributed by atoms with Crippen molar-refractivity contribution < 1.29 is 28.2 Å². The Morgan fingerprint density at radius 2 is 1.79 bits per heavy atom. The van der Waals surface area contributed by atoms with E-state index in [-0.39, 0.29) is 6.54 Å². The summed E-state index contributed by atoms with van der Waals surface area (Å²) in [5.41, 5.74) is -2.67. The van der Waals surface area contributed by atoms with Crippen LogP contribution in [0.3, 0.4) is 0 Å². The fourth-order valence-electron chi connectivity index (χ4n) is 2.19. The summed E-state index contributed by atoms with van der Waals surface area (Å²) in [7, 11) is 0. The van der Waals surface area contributed by atoms with Crippen LogP contribution >= 0.6 is 0 Å². The highest BCUT2D eigenvalue weighted by atomic mass is 19.3. The Bertz CT molecular complexity index is 382. The second-order valence-corrected chi connectivity index (χ2v) is 5.77. The lowest BCUT2D eigenvalue weighted by atomic mass is 9.72. The normalized spacial score (nSPS) is 20.3. The van der Waals surface area contributed by atoms with E-state index in [1.54, 1.807) is 20.8 Å². The molecular formula is C12H19F2NO4. The molecule has 1 fully saturated rings. The highest BCUT2D eigenvalue weighted by Gasteiger charge is 2.65. The van der Waals surface area contributed by atoms with Crippen LogP contribution < -0.4 is 0 Å². The molecule has 110 valence electrons. The first-order chi connectivity index (χ1) is 8.43. The van der Waals surface area contributed by atoms with Gasteiger partial charge in [-0.25, -0.2) is 18.4 Å². The van der Waals surface area contributed by atoms with Crippen molar-refractivity contribution in [2.24, 2.45) is 0 Å². The molecule has 0 aromatic carbocycles. The molecule has 19 heavy (non-hydrogen) atoms. The minimum Gasteiger partial charge on any atom is -0.479 e. The average Bonchev–Trinajstić information content (AvgIpc) is 2.11. The monoisotopic (exact) mass is 279 g/mol. The molecular weight excluding hydrogens is 260 g/mol. The average molecular weight is 279 g/mol. The highest BCUT2D eigenvalue weighted by Crippen LogP contribution is 2.49. The zero-order valence-electron chi connectivity index (χ0n) is 11.5. The summed E-state index contributed by atoms with van der Waals surface area (Å²) in [6, 6.07) is 0. The molecule has 1 rings (SSSR count). The van der Waals surface area contributed by atoms with Gasteiger partial charge in [0, 0.05) is 19.4 Å². The molecule has 0 saturated heterocycles. The van der Waals surface area contributed by atoms with Crippen LogP contribution in [0.4, 0.5) is 13.6 Å². The van der Waals surface area contributed by atoms with Crippen LogP contribution in [-0.2, 0) is 9.53 Å². The van der Waals surface area contributed by atoms with Gasteiger partial charge in [-0.05, 0) is 27.7 Å². The fraction of sp³-hybridized carbons (Fsp3) is 0.833. The van der Waals surface area contributed by atoms with Gasteiger partial charge >= 0.3 is 12.1 Å². The zero-order chi connectivity index (χ0) is 15.1. The number of ether oxygens (including phenoxy) is 1. The standard InChI is InChI=1S/C12H19F2NO4/c1-5-15(9(18)19-10(2,3)4)11(8(16)17)6-12(13,14)7-11/h5-7H2,1-4H3,(H,16,17). The summed E-state index contributed by atoms with van der Waals surface area (Å²) in [5.74, 6) is -4.47. The Balaban J connectivity index is 2.95. The summed E-state index contributed by atoms with van der Waals surface area (Å²) in [4.78, 5) is 24.1. The van der Waals surface area contributed by atoms with Crippen LogP contribution in [0.25, 0.3) is 0 Å². The number of amides is 1. The van der Waals surface area contributed by atoms with E-state index in [2.05, 4.69) is 0 Å². The first-order valence-corrected chi connectivity index (χ1v) is 6.05. The van der Waals surface area contributed by atoms with E-state index in [9.17, 15) is 23.5 Å². The van der Waals surface area contributed by atoms with Crippen molar-refractivity contribution in [3.05, 3.63) is 0 Å². The van der Waals surface area contributed by atoms with Gasteiger partial charge in [0.05, 0.1) is 0 Å². The third-order valence-corrected chi connectivity index (χ3v) is 2.95. The van der Waals surface area contributed by atoms with Crippen LogP contribution in [-0.4, -0.2) is 45.7 Å². The SMILES string of the molecule is CCN(C(=O)OC(C)(C)C)C1(C(=O)O)CC(F)(F)C1. The smallest absolute Gasteiger partial charge is 0.411 e. The Morgan fingerprint density at radius 1 is 1.32 bits per heavy atom. The number of rotatable bonds is 3. The molecule has 0 atom stereocenters. The number of aliphatic carboxylic acids is 1. The number of halogens is 2. The van der Waals surface area contributed by atoms with Gasteiger partial charge in [-0.1, -0.05) is 0 Å². The second kappa shape index (κ2) is 4.61. The molecule has 1 aliphatic rings. The highest BCUT2D eigenvalue weighted by molar-refractivity contribution is 5.86. The van der Waals surface area contributed by atoms with Gasteiger partial charge < -0.3 is 9.84 Å². The Morgan fingerprint density at radius 3 is 2.05 bits per heavy atom. The molecule has 0 heterocycles. The van der Waals surface area contributed by atoms with E-state index < -0.39 is 42.0 Å². The van der Waals surface area contributed by atoms with E-state index in [0.717, 1.165) is 4.90 Å². The van der Waals surface area contributed by atoms with E-state index in [0.29, 0.717) is 0 Å². The summed E-state index contributed by atoms with van der Waals surface area (Å²) in [6.07, 6.45) is -2.63. The molecule has 0 aromatic rings. The second-order valence-electron chi connectivity index (χ2n) is 5.77. The molecule has 1 amide bonds. The Kier molecular flexibility index (Phi) is 3.80. The molecule has 1 aliphatic carbocycles. The van der Waals surface area contributed by atoms with Gasteiger partial charge in [-0.15, -0.1) is 0 Å². The van der Waals surface area contributed by atoms with Crippen molar-refractivity contribution in [3.8, 4) is 0 Å². The predicted molar refractivity (Wildman–Crippen MR) is 63.2 cm³/mol. The van der Waals surface area contributed by atoms with Crippen molar-refractivity contribution in [3.63, 3.8) is 0 Å². The molecule has 0 aliphatic heterocycles. The number of hydrogen-bond acceptors (Lipinski definition) is 3. The third kappa shape index (κ3) is 3.13. The molecule has 1 saturated carbocycles. The number of carboxylic acid groups (broad SMARTS) is 1. The Labute approximate surface area is 110 Å². The van der Waals surface area contributed by atoms with Crippen LogP contribution in [0.1, 0.15) is 40.5 Å². The van der Waals surface area contributed by atoms with Crippen LogP contribution in [0.15, 0.2) is 0 Å². The lowest BCUT2D eigenvalue weighted by molar-refractivity contribution is -0.197. The minimum absolute atomic E-state index is 0.00269. The van der Waals surface area contributed by atoms with E-state index in [1.165, 1.54) is 6.92 Å². The van der Waals surface area contributed by atoms with Gasteiger partial charge in [0.15, 0.2) is 5.54 Å². The maximum absolute atomic E-state index is 13.0. The maximum atomic E-state index is 13.0. The van der Waals surface area contributed by atoms with Crippen molar-refractivity contribution in [2.75, 3.05) is 6.54 Å². The van der Waals surface area contributed by atoms with Crippen molar-refractivity contribution >= 4 is 12.1 Å². The molecule has 5 nitrogen and oxygen atoms in total. The topological polar surface area (TPSA) is 66.8 Å². The number of carbonyl (C=O) groups excluding carboxylic acids is 1. The summed E-state index contributed by atoms with van der Waals surface area (Å²) in [6.45, 7) is 6.41. The van der Waals surface area contributed by atoms with Gasteiger partial charge in [0.1, 0.15) is 5.60 Å². The molecule has 0 radical (unpaired) electrons. The summed E-state index contributed by atoms with van der Waals surface area (Å²) in [5, 5.41) is 9.18. The number of nitrogens with zero attached hydrogens (tertiary/aromatic N) is 1. The zero-order valence-corrected chi connectivity index (χ0v) is 11.5. The quantitative estimate of drug-likeness (QED) is 0.862. The summed E-state index contributed by atoms with van der Waals surface area (Å²) >= 11 is 0. The lowest BCUT2D eigenvalue weighted by Crippen LogP contribution is -2.68. The van der Waals surface area contributed by atoms with E-state index in [4.69, 9.17) is 4.74 Å². The molecule has 0 aromatic heterocycles. The number of alkyl halides is 2. The van der Waals surface area contributed by atoms with Crippen molar-refractivity contribution in [1.29, 1.82) is 0 Å². The summed E-state index contributed by atoms with van der Waals surface area (Å²) < 4.78 is 31.2. The fourth-order valence-corrected chi connectivity index (χ4v) is 2.19. The predicted octanol–water partition coefficient (Wildman–Crippen LogP) is 2.50. The number of carbonyl (C=O) groups is 2. The lowest BCUT2D eigenvalue weighted by Gasteiger charge is -2.49. The molecule has 0 bridgehead atoms. The van der Waals surface area contributed by atoms with Gasteiger partial charge in [-0.3, -0.25) is 4.90 Å². The maximum Gasteiger partial charge on any atom is 0.411 e. The van der Waals surface area contributed by atoms with Gasteiger partial charge in [-0.2, -0.15) is 0 Å². The van der Waals surface area contributed by atoms with Crippen LogP contribution in [0, 0.1) is 0 Å². The number of likely N-dealkylation sites (N-methyl/N-ethyl adjacent to an activating group) is 1. The van der Waals surface area contributed by atoms with E-state index >= 15 is 0 Å².